The molecule has 7 nitrogen and oxygen atoms in total. The summed E-state index contributed by atoms with van der Waals surface area (Å²) < 4.78 is 15.0. The monoisotopic (exact) mass is 353 g/mol. The van der Waals surface area contributed by atoms with Crippen molar-refractivity contribution in [2.75, 3.05) is 12.4 Å². The van der Waals surface area contributed by atoms with Crippen LogP contribution in [-0.2, 0) is 17.9 Å². The minimum Gasteiger partial charge on any atom is -0.497 e. The number of nitrogens with one attached hydrogen (secondary N) is 1. The van der Waals surface area contributed by atoms with Crippen molar-refractivity contribution in [3.8, 4) is 17.0 Å². The van der Waals surface area contributed by atoms with Gasteiger partial charge in [-0.1, -0.05) is 29.4 Å². The summed E-state index contributed by atoms with van der Waals surface area (Å²) in [5.74, 6) is 1.26. The summed E-state index contributed by atoms with van der Waals surface area (Å²) in [6.45, 7) is 0.650. The third-order valence-corrected chi connectivity index (χ3v) is 3.73. The Hall–Kier alpha value is -3.48. The third-order valence-electron chi connectivity index (χ3n) is 3.73. The average Bonchev–Trinajstić information content (AvgIpc) is 3.14. The van der Waals surface area contributed by atoms with E-state index in [1.165, 1.54) is 0 Å². The lowest BCUT2D eigenvalue weighted by atomic mass is 10.1. The molecule has 0 aliphatic rings. The number of hydrogen-bond donors (Lipinski definition) is 2. The Labute approximate surface area is 150 Å². The van der Waals surface area contributed by atoms with Gasteiger partial charge in [0.05, 0.1) is 7.11 Å². The molecule has 0 bridgehead atoms. The molecule has 0 aliphatic heterocycles. The molecule has 0 unspecified atom stereocenters. The minimum atomic E-state index is -0.852. The number of aromatic nitrogens is 1. The molecule has 0 radical (unpaired) electrons. The number of rotatable bonds is 7. The highest BCUT2D eigenvalue weighted by Gasteiger charge is 2.08. The van der Waals surface area contributed by atoms with E-state index in [1.54, 1.807) is 13.2 Å². The summed E-state index contributed by atoms with van der Waals surface area (Å²) in [6, 6.07) is 17.4. The van der Waals surface area contributed by atoms with Crippen LogP contribution in [0.3, 0.4) is 0 Å². The van der Waals surface area contributed by atoms with Crippen molar-refractivity contribution < 1.29 is 18.8 Å². The molecule has 1 heterocycles. The Morgan fingerprint density at radius 2 is 2.00 bits per heavy atom. The average molecular weight is 353 g/mol. The maximum absolute atomic E-state index is 10.6. The maximum Gasteiger partial charge on any atom is 0.404 e. The Kier molecular flexibility index (Phi) is 5.38. The Morgan fingerprint density at radius 3 is 2.73 bits per heavy atom. The van der Waals surface area contributed by atoms with E-state index in [4.69, 9.17) is 15.0 Å². The molecule has 1 amide bonds. The number of carbonyl (C=O) groups is 1. The molecule has 0 spiro atoms. The van der Waals surface area contributed by atoms with Crippen LogP contribution in [-0.4, -0.2) is 18.4 Å². The van der Waals surface area contributed by atoms with Gasteiger partial charge in [-0.2, -0.15) is 0 Å². The van der Waals surface area contributed by atoms with Gasteiger partial charge in [0.2, 0.25) is 0 Å². The van der Waals surface area contributed by atoms with Crippen molar-refractivity contribution in [2.24, 2.45) is 5.73 Å². The third kappa shape index (κ3) is 4.54. The lowest BCUT2D eigenvalue weighted by Crippen LogP contribution is -2.12. The predicted molar refractivity (Wildman–Crippen MR) is 96.6 cm³/mol. The van der Waals surface area contributed by atoms with Crippen LogP contribution in [0, 0.1) is 0 Å². The van der Waals surface area contributed by atoms with Gasteiger partial charge in [0.1, 0.15) is 11.4 Å². The van der Waals surface area contributed by atoms with Crippen LogP contribution < -0.4 is 15.8 Å². The van der Waals surface area contributed by atoms with Crippen molar-refractivity contribution in [3.05, 3.63) is 65.9 Å². The fourth-order valence-corrected chi connectivity index (χ4v) is 2.40. The van der Waals surface area contributed by atoms with Gasteiger partial charge in [0, 0.05) is 23.9 Å². The number of methoxy groups -OCH3 is 1. The van der Waals surface area contributed by atoms with Gasteiger partial charge in [-0.25, -0.2) is 4.79 Å². The molecule has 2 aromatic carbocycles. The zero-order valence-corrected chi connectivity index (χ0v) is 14.3. The van der Waals surface area contributed by atoms with Crippen molar-refractivity contribution in [1.82, 2.24) is 5.16 Å². The van der Waals surface area contributed by atoms with Gasteiger partial charge in [0.25, 0.3) is 0 Å². The molecule has 0 atom stereocenters. The zero-order chi connectivity index (χ0) is 18.4. The van der Waals surface area contributed by atoms with Crippen LogP contribution in [0.2, 0.25) is 0 Å². The lowest BCUT2D eigenvalue weighted by Gasteiger charge is -2.08. The lowest BCUT2D eigenvalue weighted by molar-refractivity contribution is 0.137. The number of carbonyl (C=O) groups excluding carboxylic acids is 1. The van der Waals surface area contributed by atoms with Crippen molar-refractivity contribution in [1.29, 1.82) is 0 Å². The summed E-state index contributed by atoms with van der Waals surface area (Å²) in [5.41, 5.74) is 8.59. The number of nitrogens with two attached hydrogens (primary N) is 1. The van der Waals surface area contributed by atoms with Gasteiger partial charge < -0.3 is 25.0 Å². The topological polar surface area (TPSA) is 99.6 Å². The van der Waals surface area contributed by atoms with Gasteiger partial charge in [-0.3, -0.25) is 0 Å². The number of nitrogens with zero attached hydrogens (tertiary/aromatic N) is 1. The predicted octanol–water partition coefficient (Wildman–Crippen LogP) is 3.56. The molecule has 0 aliphatic carbocycles. The summed E-state index contributed by atoms with van der Waals surface area (Å²) in [7, 11) is 1.65. The van der Waals surface area contributed by atoms with E-state index >= 15 is 0 Å². The highest BCUT2D eigenvalue weighted by atomic mass is 16.6. The standard InChI is InChI=1S/C19H19N3O4/c1-24-16-4-2-3-13(9-16)11-21-15-7-5-14(6-8-15)18-10-17(26-22-18)12-25-19(20)23/h2-10,21H,11-12H2,1H3,(H2,20,23). The van der Waals surface area contributed by atoms with E-state index in [1.807, 2.05) is 48.5 Å². The van der Waals surface area contributed by atoms with Gasteiger partial charge in [0.15, 0.2) is 12.4 Å². The molecule has 1 aromatic heterocycles. The summed E-state index contributed by atoms with van der Waals surface area (Å²) in [4.78, 5) is 10.6. The molecule has 134 valence electrons. The minimum absolute atomic E-state index is 0.0392. The molecule has 0 saturated carbocycles. The summed E-state index contributed by atoms with van der Waals surface area (Å²) in [5, 5.41) is 7.32. The first-order valence-corrected chi connectivity index (χ1v) is 7.99. The van der Waals surface area contributed by atoms with Crippen molar-refractivity contribution >= 4 is 11.8 Å². The maximum atomic E-state index is 10.6. The van der Waals surface area contributed by atoms with Crippen LogP contribution in [0.25, 0.3) is 11.3 Å². The highest BCUT2D eigenvalue weighted by Crippen LogP contribution is 2.22. The molecule has 26 heavy (non-hydrogen) atoms. The quantitative estimate of drug-likeness (QED) is 0.674. The van der Waals surface area contributed by atoms with Crippen LogP contribution in [0.5, 0.6) is 5.75 Å². The summed E-state index contributed by atoms with van der Waals surface area (Å²) in [6.07, 6.45) is -0.852. The second-order valence-corrected chi connectivity index (χ2v) is 5.57. The Morgan fingerprint density at radius 1 is 1.19 bits per heavy atom. The van der Waals surface area contributed by atoms with Gasteiger partial charge in [-0.05, 0) is 29.8 Å². The molecular weight excluding hydrogens is 334 g/mol. The fraction of sp³-hybridized carbons (Fsp3) is 0.158. The van der Waals surface area contributed by atoms with Crippen molar-refractivity contribution in [3.63, 3.8) is 0 Å². The number of primary amides is 1. The first-order chi connectivity index (χ1) is 12.6. The van der Waals surface area contributed by atoms with E-state index in [0.29, 0.717) is 18.0 Å². The second kappa shape index (κ2) is 8.06. The largest absolute Gasteiger partial charge is 0.497 e. The number of benzene rings is 2. The van der Waals surface area contributed by atoms with Crippen LogP contribution in [0.1, 0.15) is 11.3 Å². The molecule has 7 heteroatoms. The SMILES string of the molecule is COc1cccc(CNc2ccc(-c3cc(COC(N)=O)on3)cc2)c1. The smallest absolute Gasteiger partial charge is 0.404 e. The first kappa shape index (κ1) is 17.3. The molecular formula is C19H19N3O4. The molecule has 3 rings (SSSR count). The Bertz CT molecular complexity index is 875. The van der Waals surface area contributed by atoms with Crippen LogP contribution in [0.4, 0.5) is 10.5 Å². The fourth-order valence-electron chi connectivity index (χ4n) is 2.40. The van der Waals surface area contributed by atoms with E-state index in [9.17, 15) is 4.79 Å². The van der Waals surface area contributed by atoms with E-state index in [0.717, 1.165) is 22.6 Å². The van der Waals surface area contributed by atoms with E-state index in [2.05, 4.69) is 15.2 Å². The molecule has 0 fully saturated rings. The normalized spacial score (nSPS) is 10.3. The number of hydrogen-bond acceptors (Lipinski definition) is 6. The molecule has 3 aromatic rings. The molecule has 3 N–H and O–H groups in total. The summed E-state index contributed by atoms with van der Waals surface area (Å²) >= 11 is 0. The molecule has 0 saturated heterocycles. The number of anilines is 1. The van der Waals surface area contributed by atoms with Gasteiger partial charge in [-0.15, -0.1) is 0 Å². The van der Waals surface area contributed by atoms with Crippen molar-refractivity contribution in [2.45, 2.75) is 13.2 Å². The zero-order valence-electron chi connectivity index (χ0n) is 14.3. The number of amides is 1. The van der Waals surface area contributed by atoms with Crippen LogP contribution >= 0.6 is 0 Å². The van der Waals surface area contributed by atoms with Gasteiger partial charge >= 0.3 is 6.09 Å². The second-order valence-electron chi connectivity index (χ2n) is 5.57. The van der Waals surface area contributed by atoms with Crippen LogP contribution in [0.15, 0.2) is 59.1 Å². The van der Waals surface area contributed by atoms with E-state index < -0.39 is 6.09 Å². The number of ether oxygens (including phenoxy) is 2. The first-order valence-electron chi connectivity index (χ1n) is 7.99. The van der Waals surface area contributed by atoms with E-state index in [-0.39, 0.29) is 6.61 Å². The highest BCUT2D eigenvalue weighted by molar-refractivity contribution is 5.65. The Balaban J connectivity index is 1.60.